The summed E-state index contributed by atoms with van der Waals surface area (Å²) in [4.78, 5) is 11.2. The maximum absolute atomic E-state index is 11.2. The quantitative estimate of drug-likeness (QED) is 0.826. The van der Waals surface area contributed by atoms with E-state index < -0.39 is 0 Å². The normalized spacial score (nSPS) is 9.85. The number of anilines is 1. The number of carbonyl (C=O) groups excluding carboxylic acids is 1. The average molecular weight is 267 g/mol. The molecule has 2 rings (SSSR count). The highest BCUT2D eigenvalue weighted by Gasteiger charge is 2.00. The molecule has 0 spiro atoms. The summed E-state index contributed by atoms with van der Waals surface area (Å²) in [6.45, 7) is 5.52. The van der Waals surface area contributed by atoms with E-state index in [4.69, 9.17) is 4.74 Å². The van der Waals surface area contributed by atoms with Crippen molar-refractivity contribution in [1.82, 2.24) is 0 Å². The fraction of sp³-hybridized carbons (Fsp3) is 0.118. The molecule has 0 aromatic heterocycles. The molecule has 0 aliphatic rings. The summed E-state index contributed by atoms with van der Waals surface area (Å²) < 4.78 is 5.73. The fourth-order valence-electron chi connectivity index (χ4n) is 1.73. The van der Waals surface area contributed by atoms with E-state index in [1.54, 1.807) is 12.1 Å². The van der Waals surface area contributed by atoms with Crippen LogP contribution in [-0.4, -0.2) is 5.91 Å². The number of hydrogen-bond acceptors (Lipinski definition) is 2. The summed E-state index contributed by atoms with van der Waals surface area (Å²) in [5.74, 6) is 1.30. The van der Waals surface area contributed by atoms with Gasteiger partial charge in [0.05, 0.1) is 0 Å². The molecular weight excluding hydrogens is 250 g/mol. The standard InChI is InChI=1S/C17H17NO2/c1-3-13-5-9-15(10-6-13)20-16-11-7-14(8-12-16)18-17(19)4-2/h4-12H,2-3H2,1H3,(H,18,19). The van der Waals surface area contributed by atoms with Gasteiger partial charge < -0.3 is 10.1 Å². The molecule has 1 N–H and O–H groups in total. The Bertz CT molecular complexity index is 585. The van der Waals surface area contributed by atoms with Crippen molar-refractivity contribution in [2.24, 2.45) is 0 Å². The highest BCUT2D eigenvalue weighted by Crippen LogP contribution is 2.23. The Morgan fingerprint density at radius 2 is 1.65 bits per heavy atom. The van der Waals surface area contributed by atoms with Gasteiger partial charge in [0.2, 0.25) is 5.91 Å². The molecule has 0 unspecified atom stereocenters. The smallest absolute Gasteiger partial charge is 0.247 e. The van der Waals surface area contributed by atoms with E-state index in [1.807, 2.05) is 36.4 Å². The van der Waals surface area contributed by atoms with Crippen molar-refractivity contribution in [2.75, 3.05) is 5.32 Å². The first-order valence-corrected chi connectivity index (χ1v) is 6.51. The van der Waals surface area contributed by atoms with E-state index in [9.17, 15) is 4.79 Å². The van der Waals surface area contributed by atoms with Gasteiger partial charge in [0.25, 0.3) is 0 Å². The number of ether oxygens (including phenoxy) is 1. The minimum absolute atomic E-state index is 0.228. The number of nitrogens with one attached hydrogen (secondary N) is 1. The topological polar surface area (TPSA) is 38.3 Å². The molecule has 0 bridgehead atoms. The van der Waals surface area contributed by atoms with E-state index in [0.717, 1.165) is 17.9 Å². The third kappa shape index (κ3) is 3.72. The van der Waals surface area contributed by atoms with Gasteiger partial charge in [-0.1, -0.05) is 25.6 Å². The first-order valence-electron chi connectivity index (χ1n) is 6.51. The Labute approximate surface area is 118 Å². The number of carbonyl (C=O) groups is 1. The summed E-state index contributed by atoms with van der Waals surface area (Å²) in [6, 6.07) is 15.2. The van der Waals surface area contributed by atoms with Crippen molar-refractivity contribution >= 4 is 11.6 Å². The lowest BCUT2D eigenvalue weighted by Crippen LogP contribution is -2.06. The maximum atomic E-state index is 11.2. The summed E-state index contributed by atoms with van der Waals surface area (Å²) >= 11 is 0. The van der Waals surface area contributed by atoms with Crippen LogP contribution in [0.3, 0.4) is 0 Å². The van der Waals surface area contributed by atoms with Crippen LogP contribution in [0.25, 0.3) is 0 Å². The van der Waals surface area contributed by atoms with Crippen LogP contribution in [-0.2, 0) is 11.2 Å². The number of benzene rings is 2. The van der Waals surface area contributed by atoms with Crippen molar-refractivity contribution < 1.29 is 9.53 Å². The van der Waals surface area contributed by atoms with E-state index in [2.05, 4.69) is 18.8 Å². The Morgan fingerprint density at radius 3 is 2.15 bits per heavy atom. The molecule has 3 heteroatoms. The lowest BCUT2D eigenvalue weighted by molar-refractivity contribution is -0.111. The molecule has 0 fully saturated rings. The number of rotatable bonds is 5. The monoisotopic (exact) mass is 267 g/mol. The highest BCUT2D eigenvalue weighted by atomic mass is 16.5. The van der Waals surface area contributed by atoms with Gasteiger partial charge in [-0.25, -0.2) is 0 Å². The SMILES string of the molecule is C=CC(=O)Nc1ccc(Oc2ccc(CC)cc2)cc1. The second kappa shape index (κ2) is 6.57. The van der Waals surface area contributed by atoms with Crippen LogP contribution in [0.5, 0.6) is 11.5 Å². The van der Waals surface area contributed by atoms with Crippen LogP contribution >= 0.6 is 0 Å². The first kappa shape index (κ1) is 13.9. The summed E-state index contributed by atoms with van der Waals surface area (Å²) in [7, 11) is 0. The van der Waals surface area contributed by atoms with E-state index in [0.29, 0.717) is 5.69 Å². The summed E-state index contributed by atoms with van der Waals surface area (Å²) in [5, 5.41) is 2.69. The maximum Gasteiger partial charge on any atom is 0.247 e. The van der Waals surface area contributed by atoms with Gasteiger partial charge in [-0.3, -0.25) is 4.79 Å². The van der Waals surface area contributed by atoms with Crippen LogP contribution in [0.1, 0.15) is 12.5 Å². The van der Waals surface area contributed by atoms with E-state index in [1.165, 1.54) is 11.6 Å². The van der Waals surface area contributed by atoms with Crippen molar-refractivity contribution in [1.29, 1.82) is 0 Å². The predicted molar refractivity (Wildman–Crippen MR) is 81.2 cm³/mol. The summed E-state index contributed by atoms with van der Waals surface area (Å²) in [6.07, 6.45) is 2.25. The Kier molecular flexibility index (Phi) is 4.56. The molecule has 20 heavy (non-hydrogen) atoms. The third-order valence-electron chi connectivity index (χ3n) is 2.87. The van der Waals surface area contributed by atoms with E-state index >= 15 is 0 Å². The lowest BCUT2D eigenvalue weighted by atomic mass is 10.2. The van der Waals surface area contributed by atoms with Gasteiger partial charge >= 0.3 is 0 Å². The largest absolute Gasteiger partial charge is 0.457 e. The molecule has 1 amide bonds. The van der Waals surface area contributed by atoms with Gasteiger partial charge in [0.1, 0.15) is 11.5 Å². The zero-order chi connectivity index (χ0) is 14.4. The molecule has 2 aromatic rings. The highest BCUT2D eigenvalue weighted by molar-refractivity contribution is 5.98. The second-order valence-electron chi connectivity index (χ2n) is 4.32. The molecule has 0 aliphatic heterocycles. The van der Waals surface area contributed by atoms with Gasteiger partial charge in [0.15, 0.2) is 0 Å². The second-order valence-corrected chi connectivity index (χ2v) is 4.32. The predicted octanol–water partition coefficient (Wildman–Crippen LogP) is 4.17. The summed E-state index contributed by atoms with van der Waals surface area (Å²) in [5.41, 5.74) is 1.99. The Balaban J connectivity index is 2.02. The fourth-order valence-corrected chi connectivity index (χ4v) is 1.73. The minimum atomic E-state index is -0.228. The molecule has 2 aromatic carbocycles. The van der Waals surface area contributed by atoms with Gasteiger partial charge in [-0.15, -0.1) is 0 Å². The number of amides is 1. The van der Waals surface area contributed by atoms with Crippen LogP contribution in [0.4, 0.5) is 5.69 Å². The van der Waals surface area contributed by atoms with Gasteiger partial charge in [-0.2, -0.15) is 0 Å². The van der Waals surface area contributed by atoms with E-state index in [-0.39, 0.29) is 5.91 Å². The molecule has 0 saturated heterocycles. The Morgan fingerprint density at radius 1 is 1.10 bits per heavy atom. The molecule has 0 saturated carbocycles. The van der Waals surface area contributed by atoms with Crippen LogP contribution in [0, 0.1) is 0 Å². The molecule has 0 atom stereocenters. The van der Waals surface area contributed by atoms with Crippen LogP contribution in [0.2, 0.25) is 0 Å². The van der Waals surface area contributed by atoms with Crippen LogP contribution < -0.4 is 10.1 Å². The molecular formula is C17H17NO2. The zero-order valence-corrected chi connectivity index (χ0v) is 11.4. The molecule has 3 nitrogen and oxygen atoms in total. The number of aryl methyl sites for hydroxylation is 1. The molecule has 102 valence electrons. The van der Waals surface area contributed by atoms with Crippen LogP contribution in [0.15, 0.2) is 61.2 Å². The van der Waals surface area contributed by atoms with Gasteiger partial charge in [0, 0.05) is 5.69 Å². The first-order chi connectivity index (χ1) is 9.71. The minimum Gasteiger partial charge on any atom is -0.457 e. The molecule has 0 aliphatic carbocycles. The lowest BCUT2D eigenvalue weighted by Gasteiger charge is -2.07. The zero-order valence-electron chi connectivity index (χ0n) is 11.4. The average Bonchev–Trinajstić information content (AvgIpc) is 2.50. The van der Waals surface area contributed by atoms with Crippen molar-refractivity contribution in [3.8, 4) is 11.5 Å². The van der Waals surface area contributed by atoms with Crippen molar-refractivity contribution in [3.63, 3.8) is 0 Å². The van der Waals surface area contributed by atoms with Gasteiger partial charge in [-0.05, 0) is 54.5 Å². The van der Waals surface area contributed by atoms with Crippen molar-refractivity contribution in [2.45, 2.75) is 13.3 Å². The number of hydrogen-bond donors (Lipinski definition) is 1. The molecule has 0 radical (unpaired) electrons. The Hall–Kier alpha value is -2.55. The molecule has 0 heterocycles. The van der Waals surface area contributed by atoms with Crippen molar-refractivity contribution in [3.05, 3.63) is 66.7 Å². The third-order valence-corrected chi connectivity index (χ3v) is 2.87.